The first-order valence-corrected chi connectivity index (χ1v) is 9.55. The van der Waals surface area contributed by atoms with Gasteiger partial charge in [-0.2, -0.15) is 11.3 Å². The number of nitrogens with one attached hydrogen (secondary N) is 1. The summed E-state index contributed by atoms with van der Waals surface area (Å²) in [6.07, 6.45) is 1.08. The van der Waals surface area contributed by atoms with Crippen molar-refractivity contribution >= 4 is 23.2 Å². The van der Waals surface area contributed by atoms with E-state index in [1.54, 1.807) is 11.0 Å². The summed E-state index contributed by atoms with van der Waals surface area (Å²) < 4.78 is 0. The molecule has 5 heteroatoms. The Morgan fingerprint density at radius 1 is 1.16 bits per heavy atom. The highest BCUT2D eigenvalue weighted by Crippen LogP contribution is 2.15. The molecule has 0 aliphatic heterocycles. The molecule has 0 saturated heterocycles. The number of hydrogen-bond donors (Lipinski definition) is 1. The second-order valence-corrected chi connectivity index (χ2v) is 7.30. The van der Waals surface area contributed by atoms with E-state index < -0.39 is 0 Å². The zero-order valence-corrected chi connectivity index (χ0v) is 15.9. The van der Waals surface area contributed by atoms with Crippen LogP contribution in [-0.4, -0.2) is 30.3 Å². The van der Waals surface area contributed by atoms with E-state index in [0.717, 1.165) is 5.56 Å². The van der Waals surface area contributed by atoms with Crippen molar-refractivity contribution in [3.8, 4) is 0 Å². The number of hydrogen-bond acceptors (Lipinski definition) is 3. The van der Waals surface area contributed by atoms with Crippen molar-refractivity contribution in [1.82, 2.24) is 10.2 Å². The molecule has 0 atom stereocenters. The minimum Gasteiger partial charge on any atom is -0.352 e. The third kappa shape index (κ3) is 6.02. The average Bonchev–Trinajstić information content (AvgIpc) is 3.13. The summed E-state index contributed by atoms with van der Waals surface area (Å²) in [5, 5.41) is 6.54. The quantitative estimate of drug-likeness (QED) is 0.724. The van der Waals surface area contributed by atoms with E-state index in [0.29, 0.717) is 37.4 Å². The van der Waals surface area contributed by atoms with Crippen molar-refractivity contribution in [2.75, 3.05) is 13.6 Å². The number of nitrogens with zero attached hydrogens (tertiary/aromatic N) is 1. The maximum absolute atomic E-state index is 12.2. The van der Waals surface area contributed by atoms with Gasteiger partial charge in [0.1, 0.15) is 0 Å². The van der Waals surface area contributed by atoms with Gasteiger partial charge in [-0.1, -0.05) is 38.1 Å². The Morgan fingerprint density at radius 2 is 1.88 bits per heavy atom. The zero-order chi connectivity index (χ0) is 18.2. The average molecular weight is 359 g/mol. The van der Waals surface area contributed by atoms with Gasteiger partial charge in [-0.25, -0.2) is 0 Å². The molecule has 1 N–H and O–H groups in total. The summed E-state index contributed by atoms with van der Waals surface area (Å²) in [5.41, 5.74) is 3.11. The van der Waals surface area contributed by atoms with Crippen LogP contribution in [-0.2, 0) is 11.3 Å². The number of carbonyl (C=O) groups is 2. The van der Waals surface area contributed by atoms with E-state index in [2.05, 4.69) is 43.4 Å². The van der Waals surface area contributed by atoms with Crippen molar-refractivity contribution in [3.05, 3.63) is 57.8 Å². The third-order valence-corrected chi connectivity index (χ3v) is 4.81. The standard InChI is InChI=1S/C20H26N2O2S/c1-15(2)17-8-6-16(7-9-17)13-22(3)19(23)5-4-11-21-20(24)18-10-12-25-14-18/h6-10,12,14-15H,4-5,11,13H2,1-3H3,(H,21,24). The molecular formula is C20H26N2O2S. The molecule has 0 radical (unpaired) electrons. The maximum Gasteiger partial charge on any atom is 0.252 e. The molecule has 1 aromatic carbocycles. The number of benzene rings is 1. The van der Waals surface area contributed by atoms with E-state index in [4.69, 9.17) is 0 Å². The van der Waals surface area contributed by atoms with Crippen LogP contribution in [0.4, 0.5) is 0 Å². The predicted molar refractivity (Wildman–Crippen MR) is 103 cm³/mol. The second-order valence-electron chi connectivity index (χ2n) is 6.52. The minimum absolute atomic E-state index is 0.0766. The Morgan fingerprint density at radius 3 is 2.48 bits per heavy atom. The molecular weight excluding hydrogens is 332 g/mol. The molecule has 0 bridgehead atoms. The fraction of sp³-hybridized carbons (Fsp3) is 0.400. The molecule has 4 nitrogen and oxygen atoms in total. The van der Waals surface area contributed by atoms with E-state index in [1.165, 1.54) is 16.9 Å². The minimum atomic E-state index is -0.0766. The topological polar surface area (TPSA) is 49.4 Å². The fourth-order valence-corrected chi connectivity index (χ4v) is 3.13. The summed E-state index contributed by atoms with van der Waals surface area (Å²) in [7, 11) is 1.82. The molecule has 0 aliphatic carbocycles. The van der Waals surface area contributed by atoms with Gasteiger partial charge in [0.15, 0.2) is 0 Å². The van der Waals surface area contributed by atoms with Crippen LogP contribution in [0, 0.1) is 0 Å². The first-order chi connectivity index (χ1) is 12.0. The predicted octanol–water partition coefficient (Wildman–Crippen LogP) is 4.04. The molecule has 0 saturated carbocycles. The molecule has 0 fully saturated rings. The van der Waals surface area contributed by atoms with E-state index >= 15 is 0 Å². The van der Waals surface area contributed by atoms with Crippen LogP contribution in [0.25, 0.3) is 0 Å². The zero-order valence-electron chi connectivity index (χ0n) is 15.1. The Hall–Kier alpha value is -2.14. The molecule has 2 rings (SSSR count). The van der Waals surface area contributed by atoms with Crippen molar-refractivity contribution < 1.29 is 9.59 Å². The van der Waals surface area contributed by atoms with Crippen LogP contribution in [0.15, 0.2) is 41.1 Å². The van der Waals surface area contributed by atoms with Gasteiger partial charge < -0.3 is 10.2 Å². The fourth-order valence-electron chi connectivity index (χ4n) is 2.50. The van der Waals surface area contributed by atoms with Crippen molar-refractivity contribution in [2.45, 2.75) is 39.2 Å². The SMILES string of the molecule is CC(C)c1ccc(CN(C)C(=O)CCCNC(=O)c2ccsc2)cc1. The molecule has 1 heterocycles. The lowest BCUT2D eigenvalue weighted by molar-refractivity contribution is -0.130. The van der Waals surface area contributed by atoms with Gasteiger partial charge in [-0.15, -0.1) is 0 Å². The van der Waals surface area contributed by atoms with Crippen LogP contribution in [0.5, 0.6) is 0 Å². The maximum atomic E-state index is 12.2. The van der Waals surface area contributed by atoms with Gasteiger partial charge >= 0.3 is 0 Å². The van der Waals surface area contributed by atoms with Crippen molar-refractivity contribution in [1.29, 1.82) is 0 Å². The van der Waals surface area contributed by atoms with Gasteiger partial charge in [0, 0.05) is 37.5 Å². The first kappa shape index (κ1) is 19.2. The van der Waals surface area contributed by atoms with Gasteiger partial charge in [0.25, 0.3) is 5.91 Å². The largest absolute Gasteiger partial charge is 0.352 e. The monoisotopic (exact) mass is 358 g/mol. The van der Waals surface area contributed by atoms with Gasteiger partial charge in [-0.3, -0.25) is 9.59 Å². The lowest BCUT2D eigenvalue weighted by atomic mass is 10.0. The Bertz CT molecular complexity index is 678. The number of thiophene rings is 1. The molecule has 2 aromatic rings. The molecule has 0 spiro atoms. The molecule has 134 valence electrons. The van der Waals surface area contributed by atoms with Gasteiger partial charge in [-0.05, 0) is 34.9 Å². The highest BCUT2D eigenvalue weighted by Gasteiger charge is 2.10. The van der Waals surface area contributed by atoms with Crippen LogP contribution < -0.4 is 5.32 Å². The summed E-state index contributed by atoms with van der Waals surface area (Å²) >= 11 is 1.50. The summed E-state index contributed by atoms with van der Waals surface area (Å²) in [6, 6.07) is 10.2. The van der Waals surface area contributed by atoms with Gasteiger partial charge in [0.05, 0.1) is 0 Å². The van der Waals surface area contributed by atoms with Crippen molar-refractivity contribution in [3.63, 3.8) is 0 Å². The molecule has 0 aliphatic rings. The highest BCUT2D eigenvalue weighted by molar-refractivity contribution is 7.08. The third-order valence-electron chi connectivity index (χ3n) is 4.13. The van der Waals surface area contributed by atoms with Crippen LogP contribution >= 0.6 is 11.3 Å². The van der Waals surface area contributed by atoms with E-state index in [1.807, 2.05) is 17.8 Å². The smallest absolute Gasteiger partial charge is 0.252 e. The highest BCUT2D eigenvalue weighted by atomic mass is 32.1. The lowest BCUT2D eigenvalue weighted by Crippen LogP contribution is -2.28. The Labute approximate surface area is 153 Å². The molecule has 25 heavy (non-hydrogen) atoms. The Balaban J connectivity index is 1.70. The number of rotatable bonds is 8. The molecule has 1 aromatic heterocycles. The van der Waals surface area contributed by atoms with E-state index in [9.17, 15) is 9.59 Å². The Kier molecular flexibility index (Phi) is 7.19. The lowest BCUT2D eigenvalue weighted by Gasteiger charge is -2.18. The summed E-state index contributed by atoms with van der Waals surface area (Å²) in [6.45, 7) is 5.46. The molecule has 2 amide bonds. The van der Waals surface area contributed by atoms with Crippen LogP contribution in [0.1, 0.15) is 54.1 Å². The summed E-state index contributed by atoms with van der Waals surface area (Å²) in [4.78, 5) is 25.8. The first-order valence-electron chi connectivity index (χ1n) is 8.60. The number of amides is 2. The van der Waals surface area contributed by atoms with Crippen LogP contribution in [0.3, 0.4) is 0 Å². The van der Waals surface area contributed by atoms with Gasteiger partial charge in [0.2, 0.25) is 5.91 Å². The van der Waals surface area contributed by atoms with E-state index in [-0.39, 0.29) is 11.8 Å². The summed E-state index contributed by atoms with van der Waals surface area (Å²) in [5.74, 6) is 0.530. The normalized spacial score (nSPS) is 10.7. The van der Waals surface area contributed by atoms with Crippen LogP contribution in [0.2, 0.25) is 0 Å². The second kappa shape index (κ2) is 9.37. The molecule has 0 unspecified atom stereocenters. The number of carbonyl (C=O) groups excluding carboxylic acids is 2. The van der Waals surface area contributed by atoms with Crippen molar-refractivity contribution in [2.24, 2.45) is 0 Å².